The van der Waals surface area contributed by atoms with Crippen LogP contribution >= 0.6 is 23.1 Å². The number of hydrogen-bond acceptors (Lipinski definition) is 8. The highest BCUT2D eigenvalue weighted by Gasteiger charge is 2.20. The number of thioether (sulfide) groups is 1. The van der Waals surface area contributed by atoms with Crippen molar-refractivity contribution in [2.75, 3.05) is 14.2 Å². The van der Waals surface area contributed by atoms with Crippen molar-refractivity contribution in [3.05, 3.63) is 40.6 Å². The van der Waals surface area contributed by atoms with Crippen molar-refractivity contribution in [1.82, 2.24) is 15.5 Å². The highest BCUT2D eigenvalue weighted by Crippen LogP contribution is 2.34. The molecule has 0 aliphatic rings. The quantitative estimate of drug-likeness (QED) is 0.573. The molecule has 7 nitrogen and oxygen atoms in total. The standard InChI is InChI=1S/C18H19N3O4S2/c1-11(16(22)19-10-13-5-4-8-26-13)27-18-21-20-17(25-18)14-7-6-12(23-2)9-15(14)24-3/h4-9,11H,10H2,1-3H3,(H,19,22)/t11-/m0/s1. The Labute approximate surface area is 165 Å². The Bertz CT molecular complexity index is 896. The molecule has 3 rings (SSSR count). The van der Waals surface area contributed by atoms with Crippen molar-refractivity contribution in [2.24, 2.45) is 0 Å². The molecule has 9 heteroatoms. The predicted molar refractivity (Wildman–Crippen MR) is 104 cm³/mol. The maximum atomic E-state index is 12.2. The molecule has 27 heavy (non-hydrogen) atoms. The van der Waals surface area contributed by atoms with Crippen molar-refractivity contribution in [2.45, 2.75) is 23.9 Å². The average molecular weight is 406 g/mol. The fraction of sp³-hybridized carbons (Fsp3) is 0.278. The Morgan fingerprint density at radius 3 is 2.85 bits per heavy atom. The van der Waals surface area contributed by atoms with Crippen LogP contribution < -0.4 is 14.8 Å². The van der Waals surface area contributed by atoms with Crippen LogP contribution in [0.1, 0.15) is 11.8 Å². The summed E-state index contributed by atoms with van der Waals surface area (Å²) in [5, 5.41) is 12.9. The number of benzene rings is 1. The van der Waals surface area contributed by atoms with Crippen LogP contribution in [0.2, 0.25) is 0 Å². The Kier molecular flexibility index (Phi) is 6.36. The zero-order chi connectivity index (χ0) is 19.2. The molecule has 0 unspecified atom stereocenters. The molecule has 0 saturated heterocycles. The molecular weight excluding hydrogens is 386 g/mol. The maximum absolute atomic E-state index is 12.2. The van der Waals surface area contributed by atoms with Gasteiger partial charge >= 0.3 is 0 Å². The van der Waals surface area contributed by atoms with Gasteiger partial charge in [-0.25, -0.2) is 0 Å². The van der Waals surface area contributed by atoms with Crippen molar-refractivity contribution >= 4 is 29.0 Å². The lowest BCUT2D eigenvalue weighted by Gasteiger charge is -2.09. The van der Waals surface area contributed by atoms with Gasteiger partial charge < -0.3 is 19.2 Å². The van der Waals surface area contributed by atoms with Crippen LogP contribution in [-0.4, -0.2) is 35.6 Å². The number of rotatable bonds is 8. The number of carbonyl (C=O) groups is 1. The van der Waals surface area contributed by atoms with E-state index in [2.05, 4.69) is 15.5 Å². The van der Waals surface area contributed by atoms with Gasteiger partial charge in [0.05, 0.1) is 31.6 Å². The van der Waals surface area contributed by atoms with Crippen LogP contribution in [0.15, 0.2) is 45.4 Å². The van der Waals surface area contributed by atoms with E-state index in [1.807, 2.05) is 17.5 Å². The second-order valence-corrected chi connectivity index (χ2v) is 7.82. The molecule has 0 spiro atoms. The van der Waals surface area contributed by atoms with Crippen molar-refractivity contribution in [3.63, 3.8) is 0 Å². The van der Waals surface area contributed by atoms with E-state index in [9.17, 15) is 4.79 Å². The van der Waals surface area contributed by atoms with Gasteiger partial charge in [-0.2, -0.15) is 0 Å². The molecule has 2 heterocycles. The minimum Gasteiger partial charge on any atom is -0.497 e. The van der Waals surface area contributed by atoms with E-state index in [-0.39, 0.29) is 11.2 Å². The molecular formula is C18H19N3O4S2. The van der Waals surface area contributed by atoms with E-state index in [1.165, 1.54) is 11.8 Å². The minimum absolute atomic E-state index is 0.0878. The summed E-state index contributed by atoms with van der Waals surface area (Å²) in [7, 11) is 3.14. The number of thiophene rings is 1. The smallest absolute Gasteiger partial charge is 0.277 e. The third-order valence-electron chi connectivity index (χ3n) is 3.71. The van der Waals surface area contributed by atoms with Crippen molar-refractivity contribution in [1.29, 1.82) is 0 Å². The van der Waals surface area contributed by atoms with Crippen LogP contribution in [0.5, 0.6) is 11.5 Å². The first kappa shape index (κ1) is 19.2. The third-order valence-corrected chi connectivity index (χ3v) is 5.52. The summed E-state index contributed by atoms with van der Waals surface area (Å²) in [5.74, 6) is 1.47. The topological polar surface area (TPSA) is 86.5 Å². The van der Waals surface area contributed by atoms with Gasteiger partial charge in [0, 0.05) is 10.9 Å². The van der Waals surface area contributed by atoms with Gasteiger partial charge in [0.25, 0.3) is 11.1 Å². The summed E-state index contributed by atoms with van der Waals surface area (Å²) in [6, 6.07) is 9.26. The van der Waals surface area contributed by atoms with Gasteiger partial charge in [0.15, 0.2) is 0 Å². The summed E-state index contributed by atoms with van der Waals surface area (Å²) in [5.41, 5.74) is 0.660. The number of methoxy groups -OCH3 is 2. The molecule has 0 bridgehead atoms. The van der Waals surface area contributed by atoms with Crippen LogP contribution in [-0.2, 0) is 11.3 Å². The van der Waals surface area contributed by atoms with E-state index >= 15 is 0 Å². The SMILES string of the molecule is COc1ccc(-c2nnc(S[C@@H](C)C(=O)NCc3cccs3)o2)c(OC)c1. The maximum Gasteiger partial charge on any atom is 0.277 e. The van der Waals surface area contributed by atoms with Crippen LogP contribution in [0.4, 0.5) is 0 Å². The predicted octanol–water partition coefficient (Wildman–Crippen LogP) is 3.61. The molecule has 1 amide bonds. The number of carbonyl (C=O) groups excluding carboxylic acids is 1. The highest BCUT2D eigenvalue weighted by atomic mass is 32.2. The molecule has 0 radical (unpaired) electrons. The van der Waals surface area contributed by atoms with Gasteiger partial charge in [-0.3, -0.25) is 4.79 Å². The Morgan fingerprint density at radius 1 is 1.30 bits per heavy atom. The third kappa shape index (κ3) is 4.81. The lowest BCUT2D eigenvalue weighted by molar-refractivity contribution is -0.120. The van der Waals surface area contributed by atoms with Crippen molar-refractivity contribution < 1.29 is 18.7 Å². The lowest BCUT2D eigenvalue weighted by atomic mass is 10.2. The number of nitrogens with one attached hydrogen (secondary N) is 1. The molecule has 1 atom stereocenters. The molecule has 3 aromatic rings. The molecule has 1 aromatic carbocycles. The Hall–Kier alpha value is -2.52. The normalized spacial score (nSPS) is 11.8. The molecule has 0 fully saturated rings. The molecule has 0 aliphatic heterocycles. The fourth-order valence-electron chi connectivity index (χ4n) is 2.28. The Balaban J connectivity index is 1.64. The average Bonchev–Trinajstić information content (AvgIpc) is 3.37. The van der Waals surface area contributed by atoms with E-state index in [4.69, 9.17) is 13.9 Å². The summed E-state index contributed by atoms with van der Waals surface area (Å²) < 4.78 is 16.2. The van der Waals surface area contributed by atoms with Crippen LogP contribution in [0.25, 0.3) is 11.5 Å². The number of aromatic nitrogens is 2. The van der Waals surface area contributed by atoms with Crippen LogP contribution in [0, 0.1) is 0 Å². The molecule has 142 valence electrons. The number of nitrogens with zero attached hydrogens (tertiary/aromatic N) is 2. The van der Waals surface area contributed by atoms with E-state index < -0.39 is 0 Å². The summed E-state index contributed by atoms with van der Waals surface area (Å²) in [6.45, 7) is 2.31. The van der Waals surface area contributed by atoms with Crippen LogP contribution in [0.3, 0.4) is 0 Å². The van der Waals surface area contributed by atoms with Gasteiger partial charge in [-0.1, -0.05) is 17.8 Å². The second kappa shape index (κ2) is 8.92. The highest BCUT2D eigenvalue weighted by molar-refractivity contribution is 8.00. The largest absolute Gasteiger partial charge is 0.497 e. The molecule has 0 saturated carbocycles. The number of amides is 1. The van der Waals surface area contributed by atoms with E-state index in [0.29, 0.717) is 34.7 Å². The number of hydrogen-bond donors (Lipinski definition) is 1. The van der Waals surface area contributed by atoms with Gasteiger partial charge in [-0.15, -0.1) is 21.5 Å². The fourth-order valence-corrected chi connectivity index (χ4v) is 3.63. The first-order valence-electron chi connectivity index (χ1n) is 8.13. The van der Waals surface area contributed by atoms with Gasteiger partial charge in [0.2, 0.25) is 5.91 Å². The van der Waals surface area contributed by atoms with E-state index in [0.717, 1.165) is 4.88 Å². The Morgan fingerprint density at radius 2 is 2.15 bits per heavy atom. The molecule has 1 N–H and O–H groups in total. The summed E-state index contributed by atoms with van der Waals surface area (Å²) in [4.78, 5) is 13.3. The van der Waals surface area contributed by atoms with Gasteiger partial charge in [0.1, 0.15) is 11.5 Å². The monoisotopic (exact) mass is 405 g/mol. The van der Waals surface area contributed by atoms with Gasteiger partial charge in [-0.05, 0) is 30.5 Å². The van der Waals surface area contributed by atoms with E-state index in [1.54, 1.807) is 50.7 Å². The molecule has 0 aliphatic carbocycles. The minimum atomic E-state index is -0.365. The number of ether oxygens (including phenoxy) is 2. The zero-order valence-corrected chi connectivity index (χ0v) is 16.7. The molecule has 2 aromatic heterocycles. The first-order valence-corrected chi connectivity index (χ1v) is 9.89. The summed E-state index contributed by atoms with van der Waals surface area (Å²) >= 11 is 2.82. The zero-order valence-electron chi connectivity index (χ0n) is 15.1. The second-order valence-electron chi connectivity index (χ2n) is 5.50. The lowest BCUT2D eigenvalue weighted by Crippen LogP contribution is -2.30. The summed E-state index contributed by atoms with van der Waals surface area (Å²) in [6.07, 6.45) is 0. The van der Waals surface area contributed by atoms with Crippen molar-refractivity contribution in [3.8, 4) is 23.0 Å². The first-order chi connectivity index (χ1) is 13.1.